The molecule has 0 radical (unpaired) electrons. The van der Waals surface area contributed by atoms with E-state index in [1.165, 1.54) is 6.92 Å². The highest BCUT2D eigenvalue weighted by Crippen LogP contribution is 2.59. The van der Waals surface area contributed by atoms with Crippen LogP contribution in [0.25, 0.3) is 0 Å². The Morgan fingerprint density at radius 3 is 2.63 bits per heavy atom. The summed E-state index contributed by atoms with van der Waals surface area (Å²) in [6.07, 6.45) is 3.84. The summed E-state index contributed by atoms with van der Waals surface area (Å²) in [5.41, 5.74) is 2.60. The maximum atomic E-state index is 11.0. The van der Waals surface area contributed by atoms with E-state index in [1.54, 1.807) is 23.5 Å². The molecule has 0 aromatic heterocycles. The van der Waals surface area contributed by atoms with Crippen molar-refractivity contribution in [1.29, 1.82) is 0 Å². The third kappa shape index (κ3) is 5.10. The molecule has 6 nitrogen and oxygen atoms in total. The number of carbonyl (C=O) groups is 1. The molecule has 2 aromatic carbocycles. The van der Waals surface area contributed by atoms with Crippen molar-refractivity contribution < 1.29 is 18.6 Å². The van der Waals surface area contributed by atoms with Crippen LogP contribution < -0.4 is 9.62 Å². The molecule has 1 heterocycles. The fourth-order valence-corrected chi connectivity index (χ4v) is 5.48. The number of rotatable bonds is 8. The first-order valence-corrected chi connectivity index (χ1v) is 12.0. The molecule has 0 fully saturated rings. The largest absolute Gasteiger partial charge is 0.466 e. The Balaban J connectivity index is 1.75. The third-order valence-corrected chi connectivity index (χ3v) is 7.41. The maximum absolute atomic E-state index is 11.0. The number of halogens is 1. The number of fused-ring (bicyclic) bond motifs is 2. The summed E-state index contributed by atoms with van der Waals surface area (Å²) < 4.78 is 28.6. The Morgan fingerprint density at radius 2 is 1.87 bits per heavy atom. The number of unbranched alkanes of at least 4 members (excludes halogenated alkanes) is 3. The zero-order chi connectivity index (χ0) is 21.7. The highest BCUT2D eigenvalue weighted by molar-refractivity contribution is 8.25. The summed E-state index contributed by atoms with van der Waals surface area (Å²) in [5, 5.41) is 4.07. The highest BCUT2D eigenvalue weighted by atomic mass is 35.5. The number of esters is 1. The standard InChI is InChI=1S/C22H29ClN2O4S/c1-16(26)29-14-8-4-3-7-13-24-22-18-9-5-6-10-20(18)25(2)30(27,28)21-15-17(23)11-12-19(21)22/h5-6,9-12,15,22,24,27-28H,3-4,7-8,13-14H2,1-2H3. The molecular formula is C22H29ClN2O4S. The molecular weight excluding hydrogens is 424 g/mol. The minimum atomic E-state index is -3.21. The number of hydrogen-bond acceptors (Lipinski definition) is 6. The normalized spacial score (nSPS) is 18.2. The molecule has 1 aliphatic heterocycles. The second-order valence-corrected chi connectivity index (χ2v) is 9.86. The van der Waals surface area contributed by atoms with Gasteiger partial charge in [-0.2, -0.15) is 0 Å². The van der Waals surface area contributed by atoms with E-state index >= 15 is 0 Å². The van der Waals surface area contributed by atoms with Gasteiger partial charge in [-0.25, -0.2) is 0 Å². The molecule has 164 valence electrons. The molecule has 0 saturated carbocycles. The van der Waals surface area contributed by atoms with E-state index in [0.29, 0.717) is 16.5 Å². The maximum Gasteiger partial charge on any atom is 0.302 e. The van der Waals surface area contributed by atoms with Gasteiger partial charge in [0.15, 0.2) is 0 Å². The quantitative estimate of drug-likeness (QED) is 0.356. The van der Waals surface area contributed by atoms with Gasteiger partial charge >= 0.3 is 5.97 Å². The van der Waals surface area contributed by atoms with Gasteiger partial charge in [-0.15, -0.1) is 0 Å². The first kappa shape index (κ1) is 22.9. The van der Waals surface area contributed by atoms with Gasteiger partial charge in [-0.05, 0) is 48.7 Å². The van der Waals surface area contributed by atoms with Crippen molar-refractivity contribution in [1.82, 2.24) is 5.32 Å². The van der Waals surface area contributed by atoms with Crippen molar-refractivity contribution in [3.8, 4) is 0 Å². The Morgan fingerprint density at radius 1 is 1.13 bits per heavy atom. The molecule has 8 heteroatoms. The average Bonchev–Trinajstić information content (AvgIpc) is 2.78. The Kier molecular flexibility index (Phi) is 7.65. The highest BCUT2D eigenvalue weighted by Gasteiger charge is 2.35. The molecule has 1 unspecified atom stereocenters. The third-order valence-electron chi connectivity index (χ3n) is 5.28. The molecule has 0 spiro atoms. The van der Waals surface area contributed by atoms with E-state index in [1.807, 2.05) is 30.3 Å². The van der Waals surface area contributed by atoms with Crippen molar-refractivity contribution >= 4 is 34.0 Å². The number of anilines is 1. The summed E-state index contributed by atoms with van der Waals surface area (Å²) in [6, 6.07) is 12.9. The van der Waals surface area contributed by atoms with Crippen LogP contribution in [0, 0.1) is 0 Å². The van der Waals surface area contributed by atoms with E-state index in [0.717, 1.165) is 49.0 Å². The molecule has 0 amide bonds. The SMILES string of the molecule is CC(=O)OCCCCCCNC1c2ccccc2N(C)S(O)(O)c2cc(Cl)ccc21. The predicted molar refractivity (Wildman–Crippen MR) is 122 cm³/mol. The first-order chi connectivity index (χ1) is 14.3. The number of nitrogens with one attached hydrogen (secondary N) is 1. The van der Waals surface area contributed by atoms with E-state index in [9.17, 15) is 13.9 Å². The van der Waals surface area contributed by atoms with E-state index in [2.05, 4.69) is 5.32 Å². The second kappa shape index (κ2) is 10.0. The summed E-state index contributed by atoms with van der Waals surface area (Å²) in [4.78, 5) is 11.2. The lowest BCUT2D eigenvalue weighted by Gasteiger charge is -2.41. The first-order valence-electron chi connectivity index (χ1n) is 10.1. The van der Waals surface area contributed by atoms with Crippen LogP contribution >= 0.6 is 22.4 Å². The molecule has 3 rings (SSSR count). The molecule has 1 atom stereocenters. The zero-order valence-corrected chi connectivity index (χ0v) is 18.9. The van der Waals surface area contributed by atoms with Gasteiger partial charge in [0.2, 0.25) is 0 Å². The number of nitrogens with zero attached hydrogens (tertiary/aromatic N) is 1. The van der Waals surface area contributed by atoms with Crippen LogP contribution in [0.1, 0.15) is 49.8 Å². The summed E-state index contributed by atoms with van der Waals surface area (Å²) >= 11 is 6.19. The molecule has 0 saturated heterocycles. The zero-order valence-electron chi connectivity index (χ0n) is 17.3. The van der Waals surface area contributed by atoms with Crippen LogP contribution in [0.4, 0.5) is 5.69 Å². The number of ether oxygens (including phenoxy) is 1. The van der Waals surface area contributed by atoms with Gasteiger partial charge in [-0.1, -0.05) is 59.5 Å². The van der Waals surface area contributed by atoms with Crippen molar-refractivity contribution in [3.63, 3.8) is 0 Å². The smallest absolute Gasteiger partial charge is 0.302 e. The van der Waals surface area contributed by atoms with Crippen LogP contribution in [0.3, 0.4) is 0 Å². The van der Waals surface area contributed by atoms with Crippen LogP contribution in [-0.2, 0) is 9.53 Å². The molecule has 0 bridgehead atoms. The molecule has 2 aromatic rings. The van der Waals surface area contributed by atoms with Crippen LogP contribution in [0.2, 0.25) is 5.02 Å². The Bertz CT molecular complexity index is 893. The van der Waals surface area contributed by atoms with Gasteiger partial charge in [0, 0.05) is 19.0 Å². The lowest BCUT2D eigenvalue weighted by Crippen LogP contribution is -2.24. The van der Waals surface area contributed by atoms with Crippen molar-refractivity contribution in [2.75, 3.05) is 24.5 Å². The van der Waals surface area contributed by atoms with Gasteiger partial charge in [0.25, 0.3) is 0 Å². The Labute approximate surface area is 184 Å². The fourth-order valence-electron chi connectivity index (χ4n) is 3.72. The van der Waals surface area contributed by atoms with E-state index < -0.39 is 10.8 Å². The van der Waals surface area contributed by atoms with Crippen LogP contribution in [0.5, 0.6) is 0 Å². The minimum absolute atomic E-state index is 0.175. The number of para-hydroxylation sites is 1. The van der Waals surface area contributed by atoms with Gasteiger partial charge in [-0.3, -0.25) is 18.2 Å². The van der Waals surface area contributed by atoms with Crippen molar-refractivity contribution in [2.24, 2.45) is 0 Å². The van der Waals surface area contributed by atoms with E-state index in [-0.39, 0.29) is 12.0 Å². The van der Waals surface area contributed by atoms with Gasteiger partial charge < -0.3 is 10.1 Å². The lowest BCUT2D eigenvalue weighted by atomic mass is 9.96. The monoisotopic (exact) mass is 452 g/mol. The average molecular weight is 453 g/mol. The number of hydrogen-bond donors (Lipinski definition) is 3. The number of carbonyl (C=O) groups excluding carboxylic acids is 1. The lowest BCUT2D eigenvalue weighted by molar-refractivity contribution is -0.141. The van der Waals surface area contributed by atoms with Crippen molar-refractivity contribution in [3.05, 3.63) is 58.6 Å². The molecule has 0 aliphatic carbocycles. The van der Waals surface area contributed by atoms with Crippen LogP contribution in [0.15, 0.2) is 47.4 Å². The predicted octanol–water partition coefficient (Wildman–Crippen LogP) is 5.62. The second-order valence-electron chi connectivity index (χ2n) is 7.40. The fraction of sp³-hybridized carbons (Fsp3) is 0.409. The Hall–Kier alpha value is -1.77. The molecule has 1 aliphatic rings. The minimum Gasteiger partial charge on any atom is -0.466 e. The topological polar surface area (TPSA) is 82.0 Å². The van der Waals surface area contributed by atoms with Crippen LogP contribution in [-0.4, -0.2) is 35.3 Å². The number of benzene rings is 2. The summed E-state index contributed by atoms with van der Waals surface area (Å²) in [7, 11) is -1.51. The summed E-state index contributed by atoms with van der Waals surface area (Å²) in [5.74, 6) is -0.238. The van der Waals surface area contributed by atoms with Gasteiger partial charge in [0.05, 0.1) is 23.2 Å². The van der Waals surface area contributed by atoms with E-state index in [4.69, 9.17) is 16.3 Å². The van der Waals surface area contributed by atoms with Gasteiger partial charge in [0.1, 0.15) is 0 Å². The summed E-state index contributed by atoms with van der Waals surface area (Å²) in [6.45, 7) is 2.67. The van der Waals surface area contributed by atoms with Crippen molar-refractivity contribution in [2.45, 2.75) is 43.5 Å². The molecule has 3 N–H and O–H groups in total. The molecule has 30 heavy (non-hydrogen) atoms.